The first-order chi connectivity index (χ1) is 12.3. The molecule has 0 aliphatic carbocycles. The molecule has 4 aromatic heterocycles. The SMILES string of the molecule is O=C(Nc1ccn(Cc2ccccn2)n1)c1sccc1-n1cnnn1. The van der Waals surface area contributed by atoms with E-state index in [-0.39, 0.29) is 5.91 Å². The molecule has 0 radical (unpaired) electrons. The molecule has 0 atom stereocenters. The number of hydrogen-bond donors (Lipinski definition) is 1. The lowest BCUT2D eigenvalue weighted by Crippen LogP contribution is -2.14. The molecule has 0 saturated carbocycles. The number of tetrazole rings is 1. The zero-order valence-corrected chi connectivity index (χ0v) is 13.7. The number of nitrogens with one attached hydrogen (secondary N) is 1. The van der Waals surface area contributed by atoms with Gasteiger partial charge in [0.1, 0.15) is 11.2 Å². The fraction of sp³-hybridized carbons (Fsp3) is 0.0667. The summed E-state index contributed by atoms with van der Waals surface area (Å²) in [6, 6.07) is 9.23. The number of rotatable bonds is 5. The maximum Gasteiger partial charge on any atom is 0.269 e. The Morgan fingerprint density at radius 1 is 1.24 bits per heavy atom. The van der Waals surface area contributed by atoms with Crippen molar-refractivity contribution < 1.29 is 4.79 Å². The highest BCUT2D eigenvalue weighted by atomic mass is 32.1. The van der Waals surface area contributed by atoms with Crippen LogP contribution in [-0.4, -0.2) is 40.9 Å². The summed E-state index contributed by atoms with van der Waals surface area (Å²) in [6.07, 6.45) is 4.97. The van der Waals surface area contributed by atoms with Crippen LogP contribution in [0, 0.1) is 0 Å². The number of amides is 1. The van der Waals surface area contributed by atoms with Crippen molar-refractivity contribution in [3.05, 3.63) is 65.0 Å². The summed E-state index contributed by atoms with van der Waals surface area (Å²) < 4.78 is 3.17. The van der Waals surface area contributed by atoms with Gasteiger partial charge < -0.3 is 5.32 Å². The highest BCUT2D eigenvalue weighted by Crippen LogP contribution is 2.21. The lowest BCUT2D eigenvalue weighted by atomic mass is 10.3. The molecule has 4 rings (SSSR count). The maximum absolute atomic E-state index is 12.5. The fourth-order valence-electron chi connectivity index (χ4n) is 2.27. The lowest BCUT2D eigenvalue weighted by molar-refractivity contribution is 0.103. The number of pyridine rings is 1. The van der Waals surface area contributed by atoms with Crippen molar-refractivity contribution in [1.82, 2.24) is 35.0 Å². The first kappa shape index (κ1) is 15.1. The first-order valence-corrected chi connectivity index (χ1v) is 8.23. The van der Waals surface area contributed by atoms with E-state index in [0.717, 1.165) is 5.69 Å². The summed E-state index contributed by atoms with van der Waals surface area (Å²) in [5.41, 5.74) is 1.52. The van der Waals surface area contributed by atoms with E-state index in [1.807, 2.05) is 23.6 Å². The molecular formula is C15H12N8OS. The molecule has 4 aromatic rings. The van der Waals surface area contributed by atoms with Crippen LogP contribution < -0.4 is 5.32 Å². The van der Waals surface area contributed by atoms with Gasteiger partial charge in [0.15, 0.2) is 5.82 Å². The van der Waals surface area contributed by atoms with Crippen LogP contribution in [0.25, 0.3) is 5.69 Å². The van der Waals surface area contributed by atoms with Crippen LogP contribution in [0.1, 0.15) is 15.4 Å². The molecule has 0 spiro atoms. The highest BCUT2D eigenvalue weighted by molar-refractivity contribution is 7.12. The molecule has 0 fully saturated rings. The summed E-state index contributed by atoms with van der Waals surface area (Å²) in [4.78, 5) is 17.3. The molecule has 0 saturated heterocycles. The van der Waals surface area contributed by atoms with Crippen molar-refractivity contribution in [3.8, 4) is 5.69 Å². The van der Waals surface area contributed by atoms with Gasteiger partial charge in [-0.15, -0.1) is 16.4 Å². The molecule has 1 N–H and O–H groups in total. The third kappa shape index (κ3) is 3.28. The molecule has 4 heterocycles. The van der Waals surface area contributed by atoms with E-state index < -0.39 is 0 Å². The van der Waals surface area contributed by atoms with Crippen LogP contribution >= 0.6 is 11.3 Å². The number of carbonyl (C=O) groups excluding carboxylic acids is 1. The predicted molar refractivity (Wildman–Crippen MR) is 90.6 cm³/mol. The zero-order chi connectivity index (χ0) is 17.1. The number of anilines is 1. The molecule has 0 aliphatic heterocycles. The van der Waals surface area contributed by atoms with Crippen molar-refractivity contribution in [1.29, 1.82) is 0 Å². The predicted octanol–water partition coefficient (Wildman–Crippen LogP) is 1.62. The van der Waals surface area contributed by atoms with Gasteiger partial charge in [-0.1, -0.05) is 6.07 Å². The van der Waals surface area contributed by atoms with Gasteiger partial charge in [0.05, 0.1) is 17.9 Å². The fourth-order valence-corrected chi connectivity index (χ4v) is 3.05. The Bertz CT molecular complexity index is 976. The second kappa shape index (κ2) is 6.61. The smallest absolute Gasteiger partial charge is 0.269 e. The van der Waals surface area contributed by atoms with E-state index in [1.165, 1.54) is 22.3 Å². The summed E-state index contributed by atoms with van der Waals surface area (Å²) in [6.45, 7) is 0.533. The Labute approximate surface area is 145 Å². The molecule has 124 valence electrons. The van der Waals surface area contributed by atoms with Gasteiger partial charge in [-0.2, -0.15) is 9.78 Å². The summed E-state index contributed by atoms with van der Waals surface area (Å²) >= 11 is 1.31. The third-order valence-electron chi connectivity index (χ3n) is 3.38. The first-order valence-electron chi connectivity index (χ1n) is 7.35. The van der Waals surface area contributed by atoms with Gasteiger partial charge in [0, 0.05) is 18.5 Å². The largest absolute Gasteiger partial charge is 0.304 e. The Kier molecular flexibility index (Phi) is 4.01. The number of carbonyl (C=O) groups is 1. The number of nitrogens with zero attached hydrogens (tertiary/aromatic N) is 7. The Morgan fingerprint density at radius 2 is 2.20 bits per heavy atom. The second-order valence-corrected chi connectivity index (χ2v) is 5.98. The Balaban J connectivity index is 1.48. The van der Waals surface area contributed by atoms with Gasteiger partial charge in [0.25, 0.3) is 5.91 Å². The van der Waals surface area contributed by atoms with Crippen LogP contribution in [-0.2, 0) is 6.54 Å². The Hall–Kier alpha value is -3.40. The molecule has 0 bridgehead atoms. The van der Waals surface area contributed by atoms with Crippen molar-refractivity contribution in [2.75, 3.05) is 5.32 Å². The van der Waals surface area contributed by atoms with Crippen LogP contribution in [0.5, 0.6) is 0 Å². The van der Waals surface area contributed by atoms with Crippen LogP contribution in [0.15, 0.2) is 54.4 Å². The average Bonchev–Trinajstić information content (AvgIpc) is 3.37. The van der Waals surface area contributed by atoms with E-state index in [9.17, 15) is 4.79 Å². The molecular weight excluding hydrogens is 340 g/mol. The average molecular weight is 352 g/mol. The minimum Gasteiger partial charge on any atom is -0.304 e. The van der Waals surface area contributed by atoms with Crippen molar-refractivity contribution >= 4 is 23.1 Å². The van der Waals surface area contributed by atoms with Crippen molar-refractivity contribution in [2.45, 2.75) is 6.54 Å². The van der Waals surface area contributed by atoms with E-state index in [2.05, 4.69) is 30.9 Å². The standard InChI is InChI=1S/C15H12N8OS/c24-15(14-12(5-8-25-14)23-10-17-20-21-23)18-13-4-7-22(19-13)9-11-3-1-2-6-16-11/h1-8,10H,9H2,(H,18,19,24). The van der Waals surface area contributed by atoms with Crippen LogP contribution in [0.4, 0.5) is 5.82 Å². The van der Waals surface area contributed by atoms with E-state index in [0.29, 0.717) is 22.9 Å². The molecule has 0 aromatic carbocycles. The van der Waals surface area contributed by atoms with E-state index in [1.54, 1.807) is 29.2 Å². The number of hydrogen-bond acceptors (Lipinski definition) is 7. The van der Waals surface area contributed by atoms with Gasteiger partial charge in [0.2, 0.25) is 0 Å². The second-order valence-electron chi connectivity index (χ2n) is 5.06. The quantitative estimate of drug-likeness (QED) is 0.585. The van der Waals surface area contributed by atoms with Crippen LogP contribution in [0.2, 0.25) is 0 Å². The monoisotopic (exact) mass is 352 g/mol. The summed E-state index contributed by atoms with van der Waals surface area (Å²) in [5.74, 6) is 0.209. The third-order valence-corrected chi connectivity index (χ3v) is 4.28. The topological polar surface area (TPSA) is 103 Å². The molecule has 1 amide bonds. The minimum atomic E-state index is -0.261. The molecule has 9 nitrogen and oxygen atoms in total. The van der Waals surface area contributed by atoms with Gasteiger partial charge in [-0.25, -0.2) is 0 Å². The van der Waals surface area contributed by atoms with Gasteiger partial charge in [-0.3, -0.25) is 14.5 Å². The van der Waals surface area contributed by atoms with E-state index >= 15 is 0 Å². The summed E-state index contributed by atoms with van der Waals surface area (Å²) in [7, 11) is 0. The number of aromatic nitrogens is 7. The molecule has 0 unspecified atom stereocenters. The number of thiophene rings is 1. The summed E-state index contributed by atoms with van der Waals surface area (Å²) in [5, 5.41) is 19.9. The van der Waals surface area contributed by atoms with Crippen LogP contribution in [0.3, 0.4) is 0 Å². The van der Waals surface area contributed by atoms with E-state index in [4.69, 9.17) is 0 Å². The minimum absolute atomic E-state index is 0.261. The maximum atomic E-state index is 12.5. The Morgan fingerprint density at radius 3 is 3.00 bits per heavy atom. The molecule has 25 heavy (non-hydrogen) atoms. The normalized spacial score (nSPS) is 10.7. The molecule has 0 aliphatic rings. The molecule has 10 heteroatoms. The lowest BCUT2D eigenvalue weighted by Gasteiger charge is -2.03. The van der Waals surface area contributed by atoms with Gasteiger partial charge in [-0.05, 0) is 34.0 Å². The van der Waals surface area contributed by atoms with Gasteiger partial charge >= 0.3 is 0 Å². The van der Waals surface area contributed by atoms with Crippen molar-refractivity contribution in [3.63, 3.8) is 0 Å². The van der Waals surface area contributed by atoms with Crippen molar-refractivity contribution in [2.24, 2.45) is 0 Å². The highest BCUT2D eigenvalue weighted by Gasteiger charge is 2.16. The zero-order valence-electron chi connectivity index (χ0n) is 12.9.